The Morgan fingerprint density at radius 3 is 1.74 bits per heavy atom. The van der Waals surface area contributed by atoms with E-state index in [1.807, 2.05) is 77.7 Å². The minimum atomic E-state index is -3.63. The Kier molecular flexibility index (Phi) is 7.16. The molecule has 352 valence electrons. The number of anilines is 6. The van der Waals surface area contributed by atoms with Gasteiger partial charge >= 0.3 is 0 Å². The van der Waals surface area contributed by atoms with Gasteiger partial charge in [-0.3, -0.25) is 0 Å². The number of furan rings is 1. The summed E-state index contributed by atoms with van der Waals surface area (Å²) in [5.74, 6) is 0. The van der Waals surface area contributed by atoms with Gasteiger partial charge in [-0.1, -0.05) is 177 Å². The first-order valence-corrected chi connectivity index (χ1v) is 24.7. The minimum absolute atomic E-state index is 0.000604. The highest BCUT2D eigenvalue weighted by Crippen LogP contribution is 2.50. The van der Waals surface area contributed by atoms with Crippen LogP contribution in [0.25, 0.3) is 60.6 Å². The van der Waals surface area contributed by atoms with Crippen LogP contribution in [0.15, 0.2) is 186 Å². The molecule has 4 nitrogen and oxygen atoms in total. The van der Waals surface area contributed by atoms with Crippen molar-refractivity contribution < 1.29 is 20.9 Å². The molecule has 9 aromatic carbocycles. The van der Waals surface area contributed by atoms with E-state index in [1.165, 1.54) is 17.7 Å². The summed E-state index contributed by atoms with van der Waals surface area (Å²) in [7, 11) is 0. The van der Waals surface area contributed by atoms with E-state index in [0.717, 1.165) is 60.8 Å². The Hall–Kier alpha value is -7.76. The van der Waals surface area contributed by atoms with Crippen LogP contribution in [0, 0.1) is 6.85 Å². The van der Waals surface area contributed by atoms with E-state index < -0.39 is 45.1 Å². The lowest BCUT2D eigenvalue weighted by molar-refractivity contribution is 0.590. The van der Waals surface area contributed by atoms with Gasteiger partial charge < -0.3 is 18.8 Å². The van der Waals surface area contributed by atoms with Crippen LogP contribution >= 0.6 is 0 Å². The Morgan fingerprint density at radius 2 is 1.03 bits per heavy atom. The number of aryl methyl sites for hydroxylation is 1. The van der Waals surface area contributed by atoms with Gasteiger partial charge in [0.2, 0.25) is 0 Å². The molecule has 11 aromatic rings. The third-order valence-electron chi connectivity index (χ3n) is 15.1. The smallest absolute Gasteiger partial charge is 0.252 e. The van der Waals surface area contributed by atoms with E-state index >= 15 is 0 Å². The molecule has 4 heterocycles. The number of nitrogens with zero attached hydrogens (tertiary/aromatic N) is 3. The highest BCUT2D eigenvalue weighted by Gasteiger charge is 2.44. The first kappa shape index (κ1) is 33.0. The fourth-order valence-corrected chi connectivity index (χ4v) is 11.5. The molecule has 0 unspecified atom stereocenters. The molecule has 0 fully saturated rings. The topological polar surface area (TPSA) is 24.6 Å². The van der Waals surface area contributed by atoms with E-state index in [2.05, 4.69) is 130 Å². The monoisotopic (exact) mass is 946 g/mol. The maximum Gasteiger partial charge on any atom is 0.252 e. The molecular formula is C67H60BN3O. The van der Waals surface area contributed by atoms with Crippen LogP contribution in [0.1, 0.15) is 101 Å². The van der Waals surface area contributed by atoms with Crippen molar-refractivity contribution >= 4 is 101 Å². The standard InChI is InChI=1S/C67H60BN3O/c1-41-35-59-62-60(36-41)71(61-40-46(67(8,9)10)39-51-50-23-18-28-57(63(50)72-64(51)61)70-54-25-14-11-21-48(54)49-22-12-15-26-55(49)70)56-27-16-13-24-52(56)68(62)53-34-29-43(42-19-17-20-45(37-42)66(5,6)7)38-58(53)69(59)47-32-30-44(31-33-47)65(2,3)4/h11-40H,1-10H3/i1D3,8D3,9D3,10D3. The second kappa shape index (κ2) is 15.6. The molecule has 0 aliphatic carbocycles. The fraction of sp³-hybridized carbons (Fsp3) is 0.194. The predicted molar refractivity (Wildman–Crippen MR) is 308 cm³/mol. The van der Waals surface area contributed by atoms with Crippen molar-refractivity contribution in [1.82, 2.24) is 4.57 Å². The zero-order chi connectivity index (χ0) is 59.6. The normalized spacial score (nSPS) is 16.8. The molecule has 0 amide bonds. The van der Waals surface area contributed by atoms with Gasteiger partial charge in [-0.05, 0) is 140 Å². The molecule has 13 rings (SSSR count). The third-order valence-corrected chi connectivity index (χ3v) is 15.1. The summed E-state index contributed by atoms with van der Waals surface area (Å²) in [6.45, 7) is -1.08. The summed E-state index contributed by atoms with van der Waals surface area (Å²) in [5, 5.41) is 2.71. The van der Waals surface area contributed by atoms with Gasteiger partial charge in [0.15, 0.2) is 11.2 Å². The lowest BCUT2D eigenvalue weighted by atomic mass is 9.33. The largest absolute Gasteiger partial charge is 0.452 e. The molecular weight excluding hydrogens is 874 g/mol. The second-order valence-electron chi connectivity index (χ2n) is 21.7. The van der Waals surface area contributed by atoms with E-state index in [-0.39, 0.29) is 33.1 Å². The summed E-state index contributed by atoms with van der Waals surface area (Å²) in [6.07, 6.45) is 0. The molecule has 0 spiro atoms. The number of hydrogen-bond acceptors (Lipinski definition) is 3. The molecule has 0 atom stereocenters. The average Bonchev–Trinajstić information content (AvgIpc) is 0.982. The molecule has 2 aromatic heterocycles. The fourth-order valence-electron chi connectivity index (χ4n) is 11.5. The van der Waals surface area contributed by atoms with Crippen LogP contribution in [0.3, 0.4) is 0 Å². The van der Waals surface area contributed by atoms with Gasteiger partial charge in [0.25, 0.3) is 6.71 Å². The first-order chi connectivity index (χ1) is 39.5. The van der Waals surface area contributed by atoms with Crippen molar-refractivity contribution in [2.75, 3.05) is 9.80 Å². The SMILES string of the molecule is [2H]C([2H])([2H])c1cc2c3c(c1)N(c1cc(C(C([2H])([2H])[2H])(C([2H])([2H])[2H])C([2H])([2H])[2H])cc4c1oc1c(-n5c6ccccc6c6ccccc65)cccc14)c1ccccc1B3c1ccc(-c3cccc(C(C)(C)C)c3)cc1N2c1ccc(C(C)(C)C)cc1. The Bertz CT molecular complexity index is 4410. The molecule has 0 bridgehead atoms. The molecule has 0 radical (unpaired) electrons. The van der Waals surface area contributed by atoms with Crippen LogP contribution in [0.2, 0.25) is 0 Å². The van der Waals surface area contributed by atoms with E-state index in [9.17, 15) is 4.11 Å². The average molecular weight is 946 g/mol. The lowest BCUT2D eigenvalue weighted by Gasteiger charge is -2.44. The number of hydrogen-bond donors (Lipinski definition) is 0. The van der Waals surface area contributed by atoms with Crippen molar-refractivity contribution in [2.24, 2.45) is 0 Å². The van der Waals surface area contributed by atoms with Crippen LogP contribution in [-0.4, -0.2) is 11.3 Å². The molecule has 0 saturated heterocycles. The van der Waals surface area contributed by atoms with Crippen LogP contribution in [0.5, 0.6) is 0 Å². The number of rotatable bonds is 4. The van der Waals surface area contributed by atoms with Crippen molar-refractivity contribution in [3.63, 3.8) is 0 Å². The van der Waals surface area contributed by atoms with Gasteiger partial charge in [0, 0.05) is 66.4 Å². The third kappa shape index (κ3) is 6.73. The second-order valence-corrected chi connectivity index (χ2v) is 21.7. The van der Waals surface area contributed by atoms with Crippen LogP contribution < -0.4 is 26.2 Å². The molecule has 72 heavy (non-hydrogen) atoms. The molecule has 2 aliphatic rings. The minimum Gasteiger partial charge on any atom is -0.452 e. The van der Waals surface area contributed by atoms with Gasteiger partial charge in [0.05, 0.1) is 22.4 Å². The molecule has 0 N–H and O–H groups in total. The molecule has 5 heteroatoms. The van der Waals surface area contributed by atoms with Crippen LogP contribution in [-0.2, 0) is 16.2 Å². The first-order valence-electron chi connectivity index (χ1n) is 30.7. The van der Waals surface area contributed by atoms with Crippen molar-refractivity contribution in [2.45, 2.75) is 85.2 Å². The Labute approximate surface area is 441 Å². The Morgan fingerprint density at radius 1 is 0.417 bits per heavy atom. The van der Waals surface area contributed by atoms with Crippen molar-refractivity contribution in [1.29, 1.82) is 0 Å². The van der Waals surface area contributed by atoms with E-state index in [0.29, 0.717) is 39.2 Å². The maximum atomic E-state index is 9.20. The highest BCUT2D eigenvalue weighted by atomic mass is 16.3. The predicted octanol–water partition coefficient (Wildman–Crippen LogP) is 16.6. The maximum absolute atomic E-state index is 9.20. The van der Waals surface area contributed by atoms with Gasteiger partial charge in [-0.15, -0.1) is 0 Å². The zero-order valence-corrected chi connectivity index (χ0v) is 41.1. The number of aromatic nitrogens is 1. The summed E-state index contributed by atoms with van der Waals surface area (Å²) in [4.78, 5) is 3.96. The van der Waals surface area contributed by atoms with Crippen LogP contribution in [0.4, 0.5) is 34.1 Å². The molecule has 2 aliphatic heterocycles. The Balaban J connectivity index is 1.17. The number of benzene rings is 9. The highest BCUT2D eigenvalue weighted by molar-refractivity contribution is 7.00. The van der Waals surface area contributed by atoms with Gasteiger partial charge in [-0.25, -0.2) is 0 Å². The van der Waals surface area contributed by atoms with Crippen molar-refractivity contribution in [3.05, 3.63) is 204 Å². The van der Waals surface area contributed by atoms with Gasteiger partial charge in [0.1, 0.15) is 0 Å². The number of fused-ring (bicyclic) bond motifs is 10. The quantitative estimate of drug-likeness (QED) is 0.164. The molecule has 0 saturated carbocycles. The van der Waals surface area contributed by atoms with Gasteiger partial charge in [-0.2, -0.15) is 0 Å². The number of para-hydroxylation sites is 4. The summed E-state index contributed by atoms with van der Waals surface area (Å²) >= 11 is 0. The van der Waals surface area contributed by atoms with E-state index in [1.54, 1.807) is 18.2 Å². The zero-order valence-electron chi connectivity index (χ0n) is 53.1. The lowest BCUT2D eigenvalue weighted by Crippen LogP contribution is -2.61. The summed E-state index contributed by atoms with van der Waals surface area (Å²) < 4.78 is 119. The summed E-state index contributed by atoms with van der Waals surface area (Å²) in [6, 6.07) is 58.7. The summed E-state index contributed by atoms with van der Waals surface area (Å²) in [5.41, 5.74) is 8.66. The van der Waals surface area contributed by atoms with Crippen molar-refractivity contribution in [3.8, 4) is 16.8 Å². The van der Waals surface area contributed by atoms with E-state index in [4.69, 9.17) is 16.8 Å².